The average Bonchev–Trinajstić information content (AvgIpc) is 2.68. The number of nitrogens with zero attached hydrogens (tertiary/aromatic N) is 1. The lowest BCUT2D eigenvalue weighted by Crippen LogP contribution is -2.34. The second kappa shape index (κ2) is 7.49. The van der Waals surface area contributed by atoms with Crippen molar-refractivity contribution < 1.29 is 24.2 Å². The molecule has 0 aromatic heterocycles. The summed E-state index contributed by atoms with van der Waals surface area (Å²) >= 11 is 0. The van der Waals surface area contributed by atoms with E-state index in [1.165, 1.54) is 7.11 Å². The van der Waals surface area contributed by atoms with Crippen LogP contribution in [-0.2, 0) is 16.0 Å². The predicted octanol–water partition coefficient (Wildman–Crippen LogP) is 2.16. The summed E-state index contributed by atoms with van der Waals surface area (Å²) < 4.78 is 5.07. The molecule has 0 saturated heterocycles. The quantitative estimate of drug-likeness (QED) is 0.843. The lowest BCUT2D eigenvalue weighted by Gasteiger charge is -2.26. The van der Waals surface area contributed by atoms with Crippen molar-refractivity contribution in [3.8, 4) is 5.75 Å². The number of ether oxygens (including phenoxy) is 1. The zero-order valence-corrected chi connectivity index (χ0v) is 15.1. The highest BCUT2D eigenvalue weighted by Gasteiger charge is 2.25. The van der Waals surface area contributed by atoms with E-state index in [1.54, 1.807) is 54.4 Å². The van der Waals surface area contributed by atoms with Gasteiger partial charge in [-0.1, -0.05) is 12.1 Å². The van der Waals surface area contributed by atoms with Crippen LogP contribution in [0.4, 0.5) is 5.69 Å². The molecule has 0 spiro atoms. The van der Waals surface area contributed by atoms with E-state index in [0.29, 0.717) is 29.7 Å². The first-order valence-corrected chi connectivity index (χ1v) is 8.48. The second-order valence-corrected chi connectivity index (χ2v) is 6.31. The zero-order chi connectivity index (χ0) is 19.6. The summed E-state index contributed by atoms with van der Waals surface area (Å²) in [5, 5.41) is 12.1. The van der Waals surface area contributed by atoms with E-state index in [9.17, 15) is 19.5 Å². The molecule has 2 aromatic carbocycles. The fraction of sp³-hybridized carbons (Fsp3) is 0.250. The van der Waals surface area contributed by atoms with Gasteiger partial charge in [0.1, 0.15) is 5.75 Å². The van der Waals surface area contributed by atoms with Gasteiger partial charge in [0.25, 0.3) is 5.91 Å². The number of hydrogen-bond acceptors (Lipinski definition) is 4. The zero-order valence-electron chi connectivity index (χ0n) is 15.1. The molecule has 27 heavy (non-hydrogen) atoms. The summed E-state index contributed by atoms with van der Waals surface area (Å²) in [6.45, 7) is 0. The Hall–Kier alpha value is -3.35. The standard InChI is InChI=1S/C20H20N2O5/c1-22-16-9-5-14(11-13(16)6-10-17(22)23)19(24)21-18(20(25)26)12-3-7-15(27-2)8-4-12/h3-5,7-9,11,18H,6,10H2,1-2H3,(H,21,24)(H,25,26). The van der Waals surface area contributed by atoms with E-state index < -0.39 is 17.9 Å². The van der Waals surface area contributed by atoms with Gasteiger partial charge in [0.2, 0.25) is 5.91 Å². The Labute approximate surface area is 156 Å². The van der Waals surface area contributed by atoms with Crippen molar-refractivity contribution in [1.82, 2.24) is 5.32 Å². The molecule has 2 amide bonds. The van der Waals surface area contributed by atoms with Crippen molar-refractivity contribution in [3.05, 3.63) is 59.2 Å². The number of anilines is 1. The smallest absolute Gasteiger partial charge is 0.330 e. The van der Waals surface area contributed by atoms with Gasteiger partial charge in [0.15, 0.2) is 6.04 Å². The number of carboxylic acid groups (broad SMARTS) is 1. The molecular formula is C20H20N2O5. The number of fused-ring (bicyclic) bond motifs is 1. The highest BCUT2D eigenvalue weighted by atomic mass is 16.5. The molecule has 0 bridgehead atoms. The number of aliphatic carboxylic acids is 1. The minimum atomic E-state index is -1.18. The van der Waals surface area contributed by atoms with Crippen LogP contribution in [0.5, 0.6) is 5.75 Å². The minimum Gasteiger partial charge on any atom is -0.497 e. The number of rotatable bonds is 5. The molecule has 140 valence electrons. The third-order valence-corrected chi connectivity index (χ3v) is 4.66. The Morgan fingerprint density at radius 2 is 1.85 bits per heavy atom. The first-order valence-electron chi connectivity index (χ1n) is 8.48. The van der Waals surface area contributed by atoms with Crippen LogP contribution in [0.15, 0.2) is 42.5 Å². The highest BCUT2D eigenvalue weighted by molar-refractivity contribution is 6.00. The van der Waals surface area contributed by atoms with E-state index in [2.05, 4.69) is 5.32 Å². The normalized spacial score (nSPS) is 14.3. The molecule has 7 nitrogen and oxygen atoms in total. The molecule has 1 unspecified atom stereocenters. The van der Waals surface area contributed by atoms with Crippen LogP contribution in [0, 0.1) is 0 Å². The molecule has 1 heterocycles. The molecule has 0 saturated carbocycles. The van der Waals surface area contributed by atoms with Gasteiger partial charge in [-0.2, -0.15) is 0 Å². The van der Waals surface area contributed by atoms with E-state index in [4.69, 9.17) is 4.74 Å². The number of carboxylic acids is 1. The van der Waals surface area contributed by atoms with Crippen LogP contribution < -0.4 is 15.0 Å². The first kappa shape index (κ1) is 18.4. The monoisotopic (exact) mass is 368 g/mol. The Balaban J connectivity index is 1.82. The predicted molar refractivity (Wildman–Crippen MR) is 99.0 cm³/mol. The van der Waals surface area contributed by atoms with E-state index >= 15 is 0 Å². The number of carbonyl (C=O) groups is 3. The third-order valence-electron chi connectivity index (χ3n) is 4.66. The minimum absolute atomic E-state index is 0.0325. The van der Waals surface area contributed by atoms with Crippen LogP contribution >= 0.6 is 0 Å². The molecule has 1 atom stereocenters. The molecule has 7 heteroatoms. The molecule has 2 N–H and O–H groups in total. The Morgan fingerprint density at radius 3 is 2.48 bits per heavy atom. The van der Waals surface area contributed by atoms with E-state index in [1.807, 2.05) is 0 Å². The average molecular weight is 368 g/mol. The second-order valence-electron chi connectivity index (χ2n) is 6.31. The largest absolute Gasteiger partial charge is 0.497 e. The number of hydrogen-bond donors (Lipinski definition) is 2. The molecule has 1 aliphatic rings. The Bertz CT molecular complexity index is 892. The maximum absolute atomic E-state index is 12.6. The Kier molecular flexibility index (Phi) is 5.12. The lowest BCUT2D eigenvalue weighted by atomic mass is 9.98. The molecule has 2 aromatic rings. The van der Waals surface area contributed by atoms with E-state index in [-0.39, 0.29) is 5.91 Å². The summed E-state index contributed by atoms with van der Waals surface area (Å²) in [4.78, 5) is 37.6. The maximum atomic E-state index is 12.6. The number of nitrogens with one attached hydrogen (secondary N) is 1. The van der Waals surface area contributed by atoms with Gasteiger partial charge in [0.05, 0.1) is 7.11 Å². The summed E-state index contributed by atoms with van der Waals surface area (Å²) in [5.74, 6) is -1.01. The fourth-order valence-corrected chi connectivity index (χ4v) is 3.10. The van der Waals surface area contributed by atoms with E-state index in [0.717, 1.165) is 11.3 Å². The van der Waals surface area contributed by atoms with Crippen LogP contribution in [0.25, 0.3) is 0 Å². The fourth-order valence-electron chi connectivity index (χ4n) is 3.10. The Morgan fingerprint density at radius 1 is 1.15 bits per heavy atom. The van der Waals surface area contributed by atoms with Crippen molar-refractivity contribution in [1.29, 1.82) is 0 Å². The number of carbonyl (C=O) groups excluding carboxylic acids is 2. The molecule has 3 rings (SSSR count). The number of aryl methyl sites for hydroxylation is 1. The van der Waals surface area contributed by atoms with Crippen molar-refractivity contribution >= 4 is 23.5 Å². The number of methoxy groups -OCH3 is 1. The van der Waals surface area contributed by atoms with Gasteiger partial charge >= 0.3 is 5.97 Å². The van der Waals surface area contributed by atoms with Crippen LogP contribution in [0.3, 0.4) is 0 Å². The maximum Gasteiger partial charge on any atom is 0.330 e. The van der Waals surface area contributed by atoms with Gasteiger partial charge < -0.3 is 20.1 Å². The van der Waals surface area contributed by atoms with Crippen LogP contribution in [-0.4, -0.2) is 37.0 Å². The molecule has 0 radical (unpaired) electrons. The highest BCUT2D eigenvalue weighted by Crippen LogP contribution is 2.28. The summed E-state index contributed by atoms with van der Waals surface area (Å²) in [6, 6.07) is 10.3. The number of benzene rings is 2. The molecule has 0 fully saturated rings. The van der Waals surface area contributed by atoms with Gasteiger partial charge in [-0.3, -0.25) is 9.59 Å². The van der Waals surface area contributed by atoms with Crippen molar-refractivity contribution in [2.24, 2.45) is 0 Å². The van der Waals surface area contributed by atoms with Crippen LogP contribution in [0.1, 0.15) is 33.9 Å². The summed E-state index contributed by atoms with van der Waals surface area (Å²) in [5.41, 5.74) is 2.46. The van der Waals surface area contributed by atoms with Crippen molar-refractivity contribution in [2.75, 3.05) is 19.1 Å². The summed E-state index contributed by atoms with van der Waals surface area (Å²) in [7, 11) is 3.22. The van der Waals surface area contributed by atoms with Gasteiger partial charge in [-0.25, -0.2) is 4.79 Å². The van der Waals surface area contributed by atoms with Crippen molar-refractivity contribution in [3.63, 3.8) is 0 Å². The van der Waals surface area contributed by atoms with Crippen LogP contribution in [0.2, 0.25) is 0 Å². The first-order chi connectivity index (χ1) is 12.9. The molecular weight excluding hydrogens is 348 g/mol. The SMILES string of the molecule is COc1ccc(C(NC(=O)c2ccc3c(c2)CCC(=O)N3C)C(=O)O)cc1. The summed E-state index contributed by atoms with van der Waals surface area (Å²) in [6.07, 6.45) is 0.943. The van der Waals surface area contributed by atoms with Gasteiger partial charge in [-0.15, -0.1) is 0 Å². The van der Waals surface area contributed by atoms with Crippen molar-refractivity contribution in [2.45, 2.75) is 18.9 Å². The molecule has 1 aliphatic heterocycles. The van der Waals surface area contributed by atoms with Gasteiger partial charge in [0, 0.05) is 24.7 Å². The number of amides is 2. The lowest BCUT2D eigenvalue weighted by molar-refractivity contribution is -0.139. The third kappa shape index (κ3) is 3.76. The molecule has 0 aliphatic carbocycles. The van der Waals surface area contributed by atoms with Gasteiger partial charge in [-0.05, 0) is 47.9 Å². The topological polar surface area (TPSA) is 95.9 Å².